The number of carbonyl (C=O) groups excluding carboxylic acids is 1. The Balaban J connectivity index is 3.58. The number of carbonyl (C=O) groups is 1. The SMILES string of the molecule is CCC(NCCN=[N+]=[N-])C(N)=O. The van der Waals surface area contributed by atoms with Crippen LogP contribution in [-0.4, -0.2) is 25.0 Å². The average molecular weight is 171 g/mol. The van der Waals surface area contributed by atoms with E-state index in [9.17, 15) is 4.79 Å². The van der Waals surface area contributed by atoms with Crippen LogP contribution >= 0.6 is 0 Å². The molecule has 6 heteroatoms. The minimum Gasteiger partial charge on any atom is -0.368 e. The van der Waals surface area contributed by atoms with Crippen molar-refractivity contribution in [1.29, 1.82) is 0 Å². The molecule has 68 valence electrons. The highest BCUT2D eigenvalue weighted by molar-refractivity contribution is 5.79. The van der Waals surface area contributed by atoms with Crippen LogP contribution in [-0.2, 0) is 4.79 Å². The molecule has 0 saturated carbocycles. The molecule has 0 aromatic carbocycles. The van der Waals surface area contributed by atoms with Crippen LogP contribution in [0.2, 0.25) is 0 Å². The Morgan fingerprint density at radius 2 is 2.50 bits per heavy atom. The summed E-state index contributed by atoms with van der Waals surface area (Å²) < 4.78 is 0. The van der Waals surface area contributed by atoms with Crippen LogP contribution in [0.1, 0.15) is 13.3 Å². The normalized spacial score (nSPS) is 11.8. The maximum Gasteiger partial charge on any atom is 0.234 e. The maximum atomic E-state index is 10.7. The van der Waals surface area contributed by atoms with Gasteiger partial charge in [-0.2, -0.15) is 0 Å². The Morgan fingerprint density at radius 3 is 2.92 bits per heavy atom. The topological polar surface area (TPSA) is 104 Å². The number of amides is 1. The number of nitrogens with zero attached hydrogens (tertiary/aromatic N) is 3. The summed E-state index contributed by atoms with van der Waals surface area (Å²) in [6.07, 6.45) is 0.644. The number of rotatable bonds is 6. The van der Waals surface area contributed by atoms with Gasteiger partial charge in [-0.1, -0.05) is 12.0 Å². The summed E-state index contributed by atoms with van der Waals surface area (Å²) >= 11 is 0. The van der Waals surface area contributed by atoms with Crippen LogP contribution in [0.4, 0.5) is 0 Å². The van der Waals surface area contributed by atoms with Gasteiger partial charge in [-0.3, -0.25) is 4.79 Å². The number of azide groups is 1. The molecule has 0 rings (SSSR count). The Hall–Kier alpha value is -1.26. The summed E-state index contributed by atoms with van der Waals surface area (Å²) in [6.45, 7) is 2.67. The number of hydrogen-bond donors (Lipinski definition) is 2. The highest BCUT2D eigenvalue weighted by Gasteiger charge is 2.09. The van der Waals surface area contributed by atoms with E-state index in [2.05, 4.69) is 15.3 Å². The molecule has 0 saturated heterocycles. The minimum absolute atomic E-state index is 0.320. The Kier molecular flexibility index (Phi) is 5.77. The number of nitrogens with two attached hydrogens (primary N) is 1. The van der Waals surface area contributed by atoms with Gasteiger partial charge in [0.25, 0.3) is 0 Å². The van der Waals surface area contributed by atoms with E-state index in [4.69, 9.17) is 11.3 Å². The smallest absolute Gasteiger partial charge is 0.234 e. The molecule has 12 heavy (non-hydrogen) atoms. The molecule has 3 N–H and O–H groups in total. The van der Waals surface area contributed by atoms with Gasteiger partial charge in [0.05, 0.1) is 6.04 Å². The Bertz CT molecular complexity index is 186. The quantitative estimate of drug-likeness (QED) is 0.257. The largest absolute Gasteiger partial charge is 0.368 e. The molecule has 0 aliphatic rings. The number of primary amides is 1. The van der Waals surface area contributed by atoms with E-state index in [1.807, 2.05) is 6.92 Å². The van der Waals surface area contributed by atoms with Crippen molar-refractivity contribution < 1.29 is 4.79 Å². The highest BCUT2D eigenvalue weighted by atomic mass is 16.1. The first kappa shape index (κ1) is 10.7. The van der Waals surface area contributed by atoms with Crippen molar-refractivity contribution in [2.45, 2.75) is 19.4 Å². The van der Waals surface area contributed by atoms with Crippen LogP contribution in [0, 0.1) is 0 Å². The van der Waals surface area contributed by atoms with Gasteiger partial charge < -0.3 is 11.1 Å². The number of hydrogen-bond acceptors (Lipinski definition) is 3. The fourth-order valence-electron chi connectivity index (χ4n) is 0.780. The standard InChI is InChI=1S/C6H13N5O/c1-2-5(6(7)12)9-3-4-10-11-8/h5,9H,2-4H2,1H3,(H2,7,12). The van der Waals surface area contributed by atoms with Gasteiger partial charge in [0.1, 0.15) is 0 Å². The molecular weight excluding hydrogens is 158 g/mol. The van der Waals surface area contributed by atoms with Crippen molar-refractivity contribution in [3.05, 3.63) is 10.4 Å². The first-order valence-electron chi connectivity index (χ1n) is 3.76. The summed E-state index contributed by atoms with van der Waals surface area (Å²) in [7, 11) is 0. The lowest BCUT2D eigenvalue weighted by Crippen LogP contribution is -2.41. The van der Waals surface area contributed by atoms with Crippen LogP contribution < -0.4 is 11.1 Å². The molecule has 0 bridgehead atoms. The van der Waals surface area contributed by atoms with Crippen LogP contribution in [0.15, 0.2) is 5.11 Å². The van der Waals surface area contributed by atoms with Gasteiger partial charge in [0.2, 0.25) is 5.91 Å². The summed E-state index contributed by atoms with van der Waals surface area (Å²) in [6, 6.07) is -0.320. The lowest BCUT2D eigenvalue weighted by atomic mass is 10.2. The van der Waals surface area contributed by atoms with Crippen LogP contribution in [0.25, 0.3) is 10.4 Å². The van der Waals surface area contributed by atoms with E-state index in [-0.39, 0.29) is 11.9 Å². The van der Waals surface area contributed by atoms with E-state index in [1.54, 1.807) is 0 Å². The van der Waals surface area contributed by atoms with Gasteiger partial charge in [-0.25, -0.2) is 0 Å². The third-order valence-corrected chi connectivity index (χ3v) is 1.42. The van der Waals surface area contributed by atoms with Crippen LogP contribution in [0.3, 0.4) is 0 Å². The lowest BCUT2D eigenvalue weighted by molar-refractivity contribution is -0.120. The lowest BCUT2D eigenvalue weighted by Gasteiger charge is -2.11. The van der Waals surface area contributed by atoms with E-state index in [0.717, 1.165) is 0 Å². The molecular formula is C6H13N5O. The Labute approximate surface area is 70.7 Å². The van der Waals surface area contributed by atoms with E-state index < -0.39 is 0 Å². The molecule has 1 amide bonds. The zero-order valence-corrected chi connectivity index (χ0v) is 7.03. The van der Waals surface area contributed by atoms with Crippen molar-refractivity contribution >= 4 is 5.91 Å². The molecule has 1 unspecified atom stereocenters. The minimum atomic E-state index is -0.376. The monoisotopic (exact) mass is 171 g/mol. The summed E-state index contributed by atoms with van der Waals surface area (Å²) in [4.78, 5) is 13.2. The zero-order valence-electron chi connectivity index (χ0n) is 7.03. The molecule has 6 nitrogen and oxygen atoms in total. The van der Waals surface area contributed by atoms with Gasteiger partial charge in [0.15, 0.2) is 0 Å². The maximum absolute atomic E-state index is 10.7. The van der Waals surface area contributed by atoms with Gasteiger partial charge in [-0.15, -0.1) is 0 Å². The van der Waals surface area contributed by atoms with Gasteiger partial charge in [0, 0.05) is 18.0 Å². The van der Waals surface area contributed by atoms with Crippen LogP contribution in [0.5, 0.6) is 0 Å². The van der Waals surface area contributed by atoms with Crippen molar-refractivity contribution in [2.24, 2.45) is 10.8 Å². The fourth-order valence-corrected chi connectivity index (χ4v) is 0.780. The third-order valence-electron chi connectivity index (χ3n) is 1.42. The second-order valence-corrected chi connectivity index (χ2v) is 2.27. The van der Waals surface area contributed by atoms with Crippen molar-refractivity contribution in [3.8, 4) is 0 Å². The first-order valence-corrected chi connectivity index (χ1v) is 3.76. The molecule has 0 aliphatic carbocycles. The molecule has 0 aromatic heterocycles. The predicted octanol–water partition coefficient (Wildman–Crippen LogP) is 0.150. The molecule has 0 aromatic rings. The molecule has 0 aliphatic heterocycles. The van der Waals surface area contributed by atoms with E-state index in [1.165, 1.54) is 0 Å². The summed E-state index contributed by atoms with van der Waals surface area (Å²) in [5, 5.41) is 6.17. The molecule has 0 heterocycles. The molecule has 1 atom stereocenters. The fraction of sp³-hybridized carbons (Fsp3) is 0.833. The van der Waals surface area contributed by atoms with Crippen molar-refractivity contribution in [3.63, 3.8) is 0 Å². The zero-order chi connectivity index (χ0) is 9.40. The first-order chi connectivity index (χ1) is 5.72. The van der Waals surface area contributed by atoms with E-state index in [0.29, 0.717) is 19.5 Å². The van der Waals surface area contributed by atoms with Gasteiger partial charge >= 0.3 is 0 Å². The Morgan fingerprint density at radius 1 is 1.83 bits per heavy atom. The second kappa shape index (κ2) is 6.45. The average Bonchev–Trinajstić information content (AvgIpc) is 2.04. The van der Waals surface area contributed by atoms with E-state index >= 15 is 0 Å². The summed E-state index contributed by atoms with van der Waals surface area (Å²) in [5.41, 5.74) is 13.0. The third kappa shape index (κ3) is 4.54. The van der Waals surface area contributed by atoms with Gasteiger partial charge in [-0.05, 0) is 12.0 Å². The van der Waals surface area contributed by atoms with Crippen molar-refractivity contribution in [1.82, 2.24) is 5.32 Å². The summed E-state index contributed by atoms with van der Waals surface area (Å²) in [5.74, 6) is -0.376. The number of nitrogens with one attached hydrogen (secondary N) is 1. The molecule has 0 radical (unpaired) electrons. The highest BCUT2D eigenvalue weighted by Crippen LogP contribution is 1.87. The van der Waals surface area contributed by atoms with Crippen molar-refractivity contribution in [2.75, 3.05) is 13.1 Å². The molecule has 0 spiro atoms. The predicted molar refractivity (Wildman–Crippen MR) is 45.3 cm³/mol. The molecule has 0 fully saturated rings. The second-order valence-electron chi connectivity index (χ2n) is 2.27.